The van der Waals surface area contributed by atoms with E-state index in [0.717, 1.165) is 5.69 Å². The maximum absolute atomic E-state index is 13.2. The van der Waals surface area contributed by atoms with Gasteiger partial charge in [0.05, 0.1) is 17.8 Å². The largest absolute Gasteiger partial charge is 1.00 e. The summed E-state index contributed by atoms with van der Waals surface area (Å²) in [7, 11) is 1.86. The van der Waals surface area contributed by atoms with Crippen molar-refractivity contribution in [3.63, 3.8) is 0 Å². The first kappa shape index (κ1) is 21.7. The van der Waals surface area contributed by atoms with E-state index in [1.54, 1.807) is 0 Å². The SMILES string of the molecule is C[n+]1cscc1CC(C(=O)[C@@H]1CCC(=O)N1)C(=O)N1CCC[C@H]1C(N)=O.[I-]. The number of aryl methyl sites for hydroxylation is 1. The second-order valence-corrected chi connectivity index (χ2v) is 7.59. The van der Waals surface area contributed by atoms with E-state index < -0.39 is 23.9 Å². The summed E-state index contributed by atoms with van der Waals surface area (Å²) < 4.78 is 1.88. The molecule has 0 aromatic carbocycles. The minimum absolute atomic E-state index is 0. The summed E-state index contributed by atoms with van der Waals surface area (Å²) in [6.07, 6.45) is 2.14. The van der Waals surface area contributed by atoms with E-state index in [0.29, 0.717) is 25.8 Å². The highest BCUT2D eigenvalue weighted by Gasteiger charge is 2.43. The number of nitrogens with two attached hydrogens (primary N) is 1. The number of halogens is 1. The molecule has 8 nitrogen and oxygen atoms in total. The molecule has 3 heterocycles. The molecule has 148 valence electrons. The van der Waals surface area contributed by atoms with Crippen molar-refractivity contribution in [2.45, 2.75) is 44.2 Å². The molecule has 3 amide bonds. The van der Waals surface area contributed by atoms with Crippen molar-refractivity contribution < 1.29 is 47.7 Å². The topological polar surface area (TPSA) is 113 Å². The van der Waals surface area contributed by atoms with E-state index in [2.05, 4.69) is 5.32 Å². The fraction of sp³-hybridized carbons (Fsp3) is 0.588. The fourth-order valence-electron chi connectivity index (χ4n) is 3.66. The third-order valence-corrected chi connectivity index (χ3v) is 5.98. The average molecular weight is 506 g/mol. The average Bonchev–Trinajstić information content (AvgIpc) is 3.32. The van der Waals surface area contributed by atoms with Crippen molar-refractivity contribution in [3.8, 4) is 0 Å². The van der Waals surface area contributed by atoms with Crippen LogP contribution in [-0.2, 0) is 32.6 Å². The number of hydrogen-bond acceptors (Lipinski definition) is 5. The number of Topliss-reactive ketones (excluding diaryl/α,β-unsaturated/α-hetero) is 1. The Morgan fingerprint density at radius 3 is 2.70 bits per heavy atom. The lowest BCUT2D eigenvalue weighted by molar-refractivity contribution is -0.674. The van der Waals surface area contributed by atoms with Crippen LogP contribution in [0.15, 0.2) is 10.9 Å². The van der Waals surface area contributed by atoms with E-state index >= 15 is 0 Å². The summed E-state index contributed by atoms with van der Waals surface area (Å²) in [6.45, 7) is 0.420. The van der Waals surface area contributed by atoms with Crippen LogP contribution in [0.1, 0.15) is 31.4 Å². The minimum atomic E-state index is -0.931. The molecule has 3 rings (SSSR count). The molecule has 3 atom stereocenters. The third kappa shape index (κ3) is 4.65. The summed E-state index contributed by atoms with van der Waals surface area (Å²) in [6, 6.07) is -1.30. The number of ketones is 1. The first-order chi connectivity index (χ1) is 12.4. The standard InChI is InChI=1S/C17H22N4O4S.HI/c1-20-9-26-8-10(20)7-11(15(23)12-4-5-14(22)19-12)17(25)21-6-2-3-13(21)16(18)24;/h8-9,11-13H,2-7H2,1H3,(H2-,18,19,22,24);1H/t11?,12-,13-;/m0./s1. The van der Waals surface area contributed by atoms with E-state index in [1.807, 2.05) is 22.5 Å². The molecule has 1 aromatic heterocycles. The number of hydrogen-bond donors (Lipinski definition) is 2. The number of carbonyl (C=O) groups is 4. The van der Waals surface area contributed by atoms with E-state index in [9.17, 15) is 19.2 Å². The lowest BCUT2D eigenvalue weighted by Gasteiger charge is -2.27. The van der Waals surface area contributed by atoms with Crippen molar-refractivity contribution in [3.05, 3.63) is 16.6 Å². The van der Waals surface area contributed by atoms with Gasteiger partial charge >= 0.3 is 0 Å². The minimum Gasteiger partial charge on any atom is -1.00 e. The van der Waals surface area contributed by atoms with Gasteiger partial charge in [0, 0.05) is 13.0 Å². The van der Waals surface area contributed by atoms with Gasteiger partial charge < -0.3 is 39.9 Å². The van der Waals surface area contributed by atoms with Gasteiger partial charge in [-0.25, -0.2) is 0 Å². The van der Waals surface area contributed by atoms with Gasteiger partial charge in [-0.15, -0.1) is 0 Å². The van der Waals surface area contributed by atoms with Crippen molar-refractivity contribution in [2.24, 2.45) is 18.7 Å². The Labute approximate surface area is 178 Å². The molecule has 2 aliphatic heterocycles. The van der Waals surface area contributed by atoms with Gasteiger partial charge in [0.2, 0.25) is 23.2 Å². The number of carbonyl (C=O) groups excluding carboxylic acids is 4. The number of amides is 3. The number of nitrogens with one attached hydrogen (secondary N) is 1. The van der Waals surface area contributed by atoms with Crippen LogP contribution in [0.4, 0.5) is 0 Å². The Morgan fingerprint density at radius 2 is 2.15 bits per heavy atom. The Bertz CT molecular complexity index is 753. The zero-order valence-corrected chi connectivity index (χ0v) is 18.0. The quantitative estimate of drug-likeness (QED) is 0.233. The number of likely N-dealkylation sites (tertiary alicyclic amines) is 1. The number of thiazole rings is 1. The molecule has 27 heavy (non-hydrogen) atoms. The molecule has 2 saturated heterocycles. The van der Waals surface area contributed by atoms with Crippen LogP contribution in [-0.4, -0.2) is 47.0 Å². The summed E-state index contributed by atoms with van der Waals surface area (Å²) in [4.78, 5) is 50.8. The van der Waals surface area contributed by atoms with Crippen molar-refractivity contribution >= 4 is 34.8 Å². The maximum atomic E-state index is 13.2. The molecule has 2 aliphatic rings. The Kier molecular flexibility index (Phi) is 7.32. The van der Waals surface area contributed by atoms with Crippen LogP contribution in [0.5, 0.6) is 0 Å². The molecule has 0 bridgehead atoms. The van der Waals surface area contributed by atoms with Gasteiger partial charge in [-0.1, -0.05) is 11.3 Å². The molecule has 1 aromatic rings. The molecule has 1 unspecified atom stereocenters. The highest BCUT2D eigenvalue weighted by Crippen LogP contribution is 2.24. The summed E-state index contributed by atoms with van der Waals surface area (Å²) in [5.74, 6) is -2.31. The van der Waals surface area contributed by atoms with Crippen LogP contribution in [0.3, 0.4) is 0 Å². The van der Waals surface area contributed by atoms with Crippen LogP contribution >= 0.6 is 11.3 Å². The number of rotatable bonds is 6. The number of aromatic nitrogens is 1. The molecule has 3 N–H and O–H groups in total. The number of primary amides is 1. The first-order valence-electron chi connectivity index (χ1n) is 8.72. The Balaban J connectivity index is 0.00000261. The lowest BCUT2D eigenvalue weighted by atomic mass is 9.91. The predicted molar refractivity (Wildman–Crippen MR) is 92.8 cm³/mol. The van der Waals surface area contributed by atoms with Gasteiger partial charge in [0.25, 0.3) is 0 Å². The second kappa shape index (κ2) is 9.09. The zero-order valence-electron chi connectivity index (χ0n) is 15.0. The van der Waals surface area contributed by atoms with Crippen molar-refractivity contribution in [1.82, 2.24) is 10.2 Å². The molecule has 0 radical (unpaired) electrons. The van der Waals surface area contributed by atoms with Gasteiger partial charge in [0.15, 0.2) is 11.5 Å². The molecular formula is C17H23IN4O4S. The van der Waals surface area contributed by atoms with Crippen LogP contribution in [0.2, 0.25) is 0 Å². The van der Waals surface area contributed by atoms with Gasteiger partial charge in [-0.05, 0) is 19.3 Å². The smallest absolute Gasteiger partial charge is 0.240 e. The predicted octanol–water partition coefficient (Wildman–Crippen LogP) is -3.94. The molecule has 2 fully saturated rings. The zero-order chi connectivity index (χ0) is 18.8. The highest BCUT2D eigenvalue weighted by atomic mass is 127. The van der Waals surface area contributed by atoms with Crippen LogP contribution in [0, 0.1) is 5.92 Å². The van der Waals surface area contributed by atoms with Crippen molar-refractivity contribution in [2.75, 3.05) is 6.54 Å². The summed E-state index contributed by atoms with van der Waals surface area (Å²) >= 11 is 1.48. The van der Waals surface area contributed by atoms with E-state index in [4.69, 9.17) is 5.73 Å². The molecule has 0 spiro atoms. The second-order valence-electron chi connectivity index (χ2n) is 6.87. The monoisotopic (exact) mass is 506 g/mol. The molecular weight excluding hydrogens is 483 g/mol. The molecule has 10 heteroatoms. The molecule has 0 saturated carbocycles. The fourth-order valence-corrected chi connectivity index (χ4v) is 4.46. The summed E-state index contributed by atoms with van der Waals surface area (Å²) in [5, 5.41) is 4.55. The van der Waals surface area contributed by atoms with Crippen molar-refractivity contribution in [1.29, 1.82) is 0 Å². The molecule has 0 aliphatic carbocycles. The normalized spacial score (nSPS) is 22.9. The third-order valence-electron chi connectivity index (χ3n) is 5.13. The van der Waals surface area contributed by atoms with Gasteiger partial charge in [-0.3, -0.25) is 19.2 Å². The number of nitrogens with zero attached hydrogens (tertiary/aromatic N) is 2. The highest BCUT2D eigenvalue weighted by molar-refractivity contribution is 7.07. The summed E-state index contributed by atoms with van der Waals surface area (Å²) in [5.41, 5.74) is 8.18. The maximum Gasteiger partial charge on any atom is 0.240 e. The first-order valence-corrected chi connectivity index (χ1v) is 9.66. The van der Waals surface area contributed by atoms with Gasteiger partial charge in [-0.2, -0.15) is 4.57 Å². The lowest BCUT2D eigenvalue weighted by Crippen LogP contribution is -3.00. The van der Waals surface area contributed by atoms with E-state index in [1.165, 1.54) is 16.2 Å². The van der Waals surface area contributed by atoms with Crippen LogP contribution < -0.4 is 39.6 Å². The van der Waals surface area contributed by atoms with E-state index in [-0.39, 0.29) is 54.4 Å². The Hall–Kier alpha value is -1.56. The van der Waals surface area contributed by atoms with Crippen LogP contribution in [0.25, 0.3) is 0 Å². The Morgan fingerprint density at radius 1 is 1.41 bits per heavy atom. The van der Waals surface area contributed by atoms with Gasteiger partial charge in [0.1, 0.15) is 19.0 Å².